The van der Waals surface area contributed by atoms with E-state index in [-0.39, 0.29) is 30.1 Å². The molecule has 246 valence electrons. The number of carbonyl (C=O) groups is 3. The minimum Gasteiger partial charge on any atom is -0.488 e. The van der Waals surface area contributed by atoms with Crippen LogP contribution in [0.5, 0.6) is 5.75 Å². The van der Waals surface area contributed by atoms with E-state index in [1.165, 1.54) is 0 Å². The summed E-state index contributed by atoms with van der Waals surface area (Å²) in [7, 11) is 0. The van der Waals surface area contributed by atoms with Gasteiger partial charge in [0.05, 0.1) is 18.2 Å². The normalized spacial score (nSPS) is 18.3. The smallest absolute Gasteiger partial charge is 0.257 e. The summed E-state index contributed by atoms with van der Waals surface area (Å²) in [5, 5.41) is 10.9. The van der Waals surface area contributed by atoms with Crippen LogP contribution in [0.2, 0.25) is 0 Å². The topological polar surface area (TPSA) is 118 Å². The van der Waals surface area contributed by atoms with Gasteiger partial charge in [-0.15, -0.1) is 0 Å². The molecule has 1 aliphatic heterocycles. The molecule has 3 amide bonds. The van der Waals surface area contributed by atoms with Crippen LogP contribution in [0.15, 0.2) is 84.9 Å². The third kappa shape index (κ3) is 8.84. The monoisotopic (exact) mass is 636 g/mol. The predicted molar refractivity (Wildman–Crippen MR) is 180 cm³/mol. The van der Waals surface area contributed by atoms with E-state index < -0.39 is 12.1 Å². The zero-order chi connectivity index (χ0) is 33.2. The van der Waals surface area contributed by atoms with Crippen molar-refractivity contribution in [1.82, 2.24) is 30.3 Å². The Bertz CT molecular complexity index is 1640. The van der Waals surface area contributed by atoms with E-state index in [1.807, 2.05) is 93.6 Å². The van der Waals surface area contributed by atoms with E-state index in [1.54, 1.807) is 21.7 Å². The van der Waals surface area contributed by atoms with E-state index in [4.69, 9.17) is 9.72 Å². The summed E-state index contributed by atoms with van der Waals surface area (Å²) in [5.41, 5.74) is 2.48. The number of fused-ring (bicyclic) bond motifs is 1. The number of hydrogen-bond donors (Lipinski definition) is 2. The number of ether oxygens (including phenoxy) is 1. The molecule has 10 nitrogen and oxygen atoms in total. The molecule has 1 aliphatic rings. The number of hydrogen-bond acceptors (Lipinski definition) is 6. The Kier molecular flexibility index (Phi) is 11.4. The fourth-order valence-electron chi connectivity index (χ4n) is 5.80. The second kappa shape index (κ2) is 16.0. The van der Waals surface area contributed by atoms with Crippen molar-refractivity contribution in [3.63, 3.8) is 0 Å². The summed E-state index contributed by atoms with van der Waals surface area (Å²) in [5.74, 6) is 0.922. The van der Waals surface area contributed by atoms with Gasteiger partial charge in [0.2, 0.25) is 11.8 Å². The second-order valence-corrected chi connectivity index (χ2v) is 12.1. The molecule has 0 aliphatic carbocycles. The SMILES string of the molecule is CC[C@H](C)[C@@H]1NC(=O)CCCN(C(=O)c2ccccc2OCc2ccccc2)CCn2nc(C)nc2[C@H](Cc2ccccc2)NC1=O. The summed E-state index contributed by atoms with van der Waals surface area (Å²) in [6.07, 6.45) is 1.81. The van der Waals surface area contributed by atoms with Crippen molar-refractivity contribution in [2.45, 2.75) is 71.7 Å². The van der Waals surface area contributed by atoms with Crippen molar-refractivity contribution >= 4 is 17.7 Å². The minimum atomic E-state index is -0.711. The van der Waals surface area contributed by atoms with Gasteiger partial charge in [-0.1, -0.05) is 93.1 Å². The molecule has 0 radical (unpaired) electrons. The van der Waals surface area contributed by atoms with Crippen LogP contribution in [0.3, 0.4) is 0 Å². The highest BCUT2D eigenvalue weighted by molar-refractivity contribution is 5.97. The summed E-state index contributed by atoms with van der Waals surface area (Å²) < 4.78 is 7.92. The molecule has 0 fully saturated rings. The van der Waals surface area contributed by atoms with Crippen molar-refractivity contribution in [3.05, 3.63) is 113 Å². The van der Waals surface area contributed by atoms with Crippen LogP contribution in [0.1, 0.15) is 72.3 Å². The van der Waals surface area contributed by atoms with Crippen LogP contribution >= 0.6 is 0 Å². The maximum absolute atomic E-state index is 14.1. The lowest BCUT2D eigenvalue weighted by Crippen LogP contribution is -2.51. The van der Waals surface area contributed by atoms with Gasteiger partial charge in [-0.3, -0.25) is 14.4 Å². The highest BCUT2D eigenvalue weighted by atomic mass is 16.5. The number of aryl methyl sites for hydroxylation is 1. The second-order valence-electron chi connectivity index (χ2n) is 12.1. The number of nitrogens with one attached hydrogen (secondary N) is 2. The maximum Gasteiger partial charge on any atom is 0.257 e. The van der Waals surface area contributed by atoms with Crippen LogP contribution in [-0.2, 0) is 29.2 Å². The van der Waals surface area contributed by atoms with Crippen LogP contribution < -0.4 is 15.4 Å². The van der Waals surface area contributed by atoms with Crippen molar-refractivity contribution in [2.75, 3.05) is 13.1 Å². The van der Waals surface area contributed by atoms with Gasteiger partial charge in [-0.25, -0.2) is 9.67 Å². The molecule has 47 heavy (non-hydrogen) atoms. The van der Waals surface area contributed by atoms with E-state index >= 15 is 0 Å². The molecule has 2 N–H and O–H groups in total. The Morgan fingerprint density at radius 2 is 1.60 bits per heavy atom. The number of aromatic nitrogens is 3. The van der Waals surface area contributed by atoms with Gasteiger partial charge in [0, 0.05) is 19.5 Å². The molecule has 0 unspecified atom stereocenters. The number of amides is 3. The van der Waals surface area contributed by atoms with Crippen molar-refractivity contribution in [1.29, 1.82) is 0 Å². The number of rotatable bonds is 8. The summed E-state index contributed by atoms with van der Waals surface area (Å²) in [4.78, 5) is 47.6. The lowest BCUT2D eigenvalue weighted by atomic mass is 9.97. The Morgan fingerprint density at radius 3 is 2.32 bits per heavy atom. The van der Waals surface area contributed by atoms with Gasteiger partial charge in [0.15, 0.2) is 0 Å². The van der Waals surface area contributed by atoms with E-state index in [2.05, 4.69) is 15.7 Å². The highest BCUT2D eigenvalue weighted by Gasteiger charge is 2.31. The largest absolute Gasteiger partial charge is 0.488 e. The summed E-state index contributed by atoms with van der Waals surface area (Å²) in [6, 6.07) is 25.7. The molecular weight excluding hydrogens is 592 g/mol. The average Bonchev–Trinajstić information content (AvgIpc) is 3.47. The molecule has 3 aromatic carbocycles. The van der Waals surface area contributed by atoms with Crippen LogP contribution in [-0.4, -0.2) is 56.5 Å². The number of nitrogens with zero attached hydrogens (tertiary/aromatic N) is 4. The lowest BCUT2D eigenvalue weighted by Gasteiger charge is -2.28. The third-order valence-corrected chi connectivity index (χ3v) is 8.58. The predicted octanol–water partition coefficient (Wildman–Crippen LogP) is 5.03. The fraction of sp³-hybridized carbons (Fsp3) is 0.378. The number of carbonyl (C=O) groups excluding carboxylic acids is 3. The third-order valence-electron chi connectivity index (χ3n) is 8.58. The van der Waals surface area contributed by atoms with Gasteiger partial charge in [-0.05, 0) is 48.9 Å². The van der Waals surface area contributed by atoms with Crippen molar-refractivity contribution < 1.29 is 19.1 Å². The Balaban J connectivity index is 1.45. The molecule has 0 saturated heterocycles. The first-order valence-corrected chi connectivity index (χ1v) is 16.4. The molecule has 0 saturated carbocycles. The lowest BCUT2D eigenvalue weighted by molar-refractivity contribution is -0.130. The zero-order valence-electron chi connectivity index (χ0n) is 27.4. The molecule has 1 aromatic heterocycles. The van der Waals surface area contributed by atoms with E-state index in [0.29, 0.717) is 68.5 Å². The molecule has 10 heteroatoms. The first-order valence-electron chi connectivity index (χ1n) is 16.4. The first-order chi connectivity index (χ1) is 22.8. The maximum atomic E-state index is 14.1. The van der Waals surface area contributed by atoms with E-state index in [0.717, 1.165) is 11.1 Å². The Morgan fingerprint density at radius 1 is 0.915 bits per heavy atom. The summed E-state index contributed by atoms with van der Waals surface area (Å²) >= 11 is 0. The van der Waals surface area contributed by atoms with Crippen LogP contribution in [0.25, 0.3) is 0 Å². The van der Waals surface area contributed by atoms with Gasteiger partial charge in [-0.2, -0.15) is 5.10 Å². The number of benzene rings is 3. The highest BCUT2D eigenvalue weighted by Crippen LogP contribution is 2.23. The molecule has 0 bridgehead atoms. The van der Waals surface area contributed by atoms with Gasteiger partial charge in [0.1, 0.15) is 30.0 Å². The van der Waals surface area contributed by atoms with Gasteiger partial charge >= 0.3 is 0 Å². The molecule has 4 aromatic rings. The standard InChI is InChI=1S/C37H44N6O4/c1-4-26(2)34-36(45)39-31(24-28-14-7-5-8-15-28)35-38-27(3)41-43(35)23-22-42(21-13-20-33(44)40-34)37(46)30-18-11-12-19-32(30)47-25-29-16-9-6-10-17-29/h5-12,14-19,26,31,34H,4,13,20-25H2,1-3H3,(H,39,45)(H,40,44)/t26-,31-,34-/m0/s1. The fourth-order valence-corrected chi connectivity index (χ4v) is 5.80. The Labute approximate surface area is 276 Å². The molecule has 2 heterocycles. The van der Waals surface area contributed by atoms with Crippen molar-refractivity contribution in [3.8, 4) is 5.75 Å². The van der Waals surface area contributed by atoms with E-state index in [9.17, 15) is 14.4 Å². The molecular formula is C37H44N6O4. The summed E-state index contributed by atoms with van der Waals surface area (Å²) in [6.45, 7) is 7.14. The van der Waals surface area contributed by atoms with Gasteiger partial charge in [0.25, 0.3) is 5.91 Å². The quantitative estimate of drug-likeness (QED) is 0.280. The average molecular weight is 637 g/mol. The van der Waals surface area contributed by atoms with Gasteiger partial charge < -0.3 is 20.3 Å². The first kappa shape index (κ1) is 33.4. The minimum absolute atomic E-state index is 0.0886. The number of para-hydroxylation sites is 1. The zero-order valence-corrected chi connectivity index (χ0v) is 27.4. The molecule has 3 atom stereocenters. The Hall–Kier alpha value is -4.99. The molecule has 0 spiro atoms. The van der Waals surface area contributed by atoms with Crippen LogP contribution in [0.4, 0.5) is 0 Å². The van der Waals surface area contributed by atoms with Crippen molar-refractivity contribution in [2.24, 2.45) is 5.92 Å². The molecule has 5 rings (SSSR count). The van der Waals surface area contributed by atoms with Crippen LogP contribution in [0, 0.1) is 12.8 Å².